The molecular weight excluding hydrogens is 308 g/mol. The van der Waals surface area contributed by atoms with Gasteiger partial charge in [-0.3, -0.25) is 14.8 Å². The third kappa shape index (κ3) is 3.01. The number of benzene rings is 1. The maximum Gasteiger partial charge on any atom is 0.261 e. The van der Waals surface area contributed by atoms with E-state index in [9.17, 15) is 4.79 Å². The standard InChI is InChI=1S/C14H12N4OS.ClH/c1-8-2-3-10-11(13(19)18-14(15)17-10)12(8)20-9-4-6-16-7-5-9;/h2-7H,1H3,(H3,15,17,18,19);1H/p-1. The van der Waals surface area contributed by atoms with Crippen LogP contribution in [0.15, 0.2) is 51.2 Å². The average Bonchev–Trinajstić information content (AvgIpc) is 2.43. The van der Waals surface area contributed by atoms with Crippen molar-refractivity contribution in [2.75, 3.05) is 5.73 Å². The number of nitrogens with two attached hydrogens (primary N) is 1. The van der Waals surface area contributed by atoms with Crippen LogP contribution < -0.4 is 23.7 Å². The molecule has 3 aromatic rings. The Labute approximate surface area is 131 Å². The van der Waals surface area contributed by atoms with Crippen molar-refractivity contribution >= 4 is 28.6 Å². The Morgan fingerprint density at radius 1 is 1.19 bits per heavy atom. The van der Waals surface area contributed by atoms with Crippen molar-refractivity contribution < 1.29 is 12.4 Å². The number of anilines is 1. The Morgan fingerprint density at radius 2 is 1.90 bits per heavy atom. The molecule has 0 aliphatic rings. The summed E-state index contributed by atoms with van der Waals surface area (Å²) in [7, 11) is 0. The number of halogens is 1. The quantitative estimate of drug-likeness (QED) is 0.656. The summed E-state index contributed by atoms with van der Waals surface area (Å²) in [6, 6.07) is 7.56. The van der Waals surface area contributed by atoms with Gasteiger partial charge in [0.05, 0.1) is 10.9 Å². The summed E-state index contributed by atoms with van der Waals surface area (Å²) in [5.41, 5.74) is 7.00. The normalized spacial score (nSPS) is 10.3. The van der Waals surface area contributed by atoms with Crippen molar-refractivity contribution in [3.8, 4) is 0 Å². The van der Waals surface area contributed by atoms with Gasteiger partial charge in [0.2, 0.25) is 5.95 Å². The molecule has 5 nitrogen and oxygen atoms in total. The van der Waals surface area contributed by atoms with E-state index >= 15 is 0 Å². The van der Waals surface area contributed by atoms with Crippen molar-refractivity contribution in [1.29, 1.82) is 0 Å². The summed E-state index contributed by atoms with van der Waals surface area (Å²) in [5.74, 6) is 0.131. The number of hydrogen-bond donors (Lipinski definition) is 2. The van der Waals surface area contributed by atoms with Crippen molar-refractivity contribution in [2.45, 2.75) is 16.7 Å². The largest absolute Gasteiger partial charge is 1.00 e. The molecule has 0 atom stereocenters. The maximum atomic E-state index is 12.2. The highest BCUT2D eigenvalue weighted by Crippen LogP contribution is 2.33. The number of nitrogen functional groups attached to an aromatic ring is 1. The fourth-order valence-corrected chi connectivity index (χ4v) is 3.00. The lowest BCUT2D eigenvalue weighted by Gasteiger charge is -2.09. The molecule has 108 valence electrons. The third-order valence-corrected chi connectivity index (χ3v) is 4.15. The minimum absolute atomic E-state index is 0. The van der Waals surface area contributed by atoms with E-state index in [1.165, 1.54) is 11.8 Å². The summed E-state index contributed by atoms with van der Waals surface area (Å²) in [4.78, 5) is 24.8. The second-order valence-electron chi connectivity index (χ2n) is 4.34. The molecule has 0 saturated heterocycles. The van der Waals surface area contributed by atoms with Gasteiger partial charge in [-0.25, -0.2) is 4.98 Å². The zero-order chi connectivity index (χ0) is 14.1. The fourth-order valence-electron chi connectivity index (χ4n) is 1.98. The first-order valence-corrected chi connectivity index (χ1v) is 6.84. The minimum Gasteiger partial charge on any atom is -1.00 e. The fraction of sp³-hybridized carbons (Fsp3) is 0.0714. The molecule has 3 N–H and O–H groups in total. The van der Waals surface area contributed by atoms with Crippen LogP contribution in [0.1, 0.15) is 5.56 Å². The Hall–Kier alpha value is -2.05. The number of nitrogens with zero attached hydrogens (tertiary/aromatic N) is 2. The van der Waals surface area contributed by atoms with Crippen LogP contribution in [-0.2, 0) is 0 Å². The Bertz CT molecular complexity index is 835. The van der Waals surface area contributed by atoms with Gasteiger partial charge in [0, 0.05) is 22.2 Å². The molecule has 0 amide bonds. The summed E-state index contributed by atoms with van der Waals surface area (Å²) >= 11 is 1.52. The molecule has 0 spiro atoms. The lowest BCUT2D eigenvalue weighted by atomic mass is 10.1. The average molecular weight is 320 g/mol. The van der Waals surface area contributed by atoms with Crippen LogP contribution in [0.5, 0.6) is 0 Å². The molecular formula is C14H12ClN4OS-. The lowest BCUT2D eigenvalue weighted by molar-refractivity contribution is -0.00000434. The molecule has 0 unspecified atom stereocenters. The van der Waals surface area contributed by atoms with E-state index in [0.717, 1.165) is 15.4 Å². The van der Waals surface area contributed by atoms with Crippen molar-refractivity contribution in [3.63, 3.8) is 0 Å². The second kappa shape index (κ2) is 6.15. The van der Waals surface area contributed by atoms with Gasteiger partial charge in [0.1, 0.15) is 0 Å². The molecule has 2 aromatic heterocycles. The van der Waals surface area contributed by atoms with Crippen LogP contribution in [0.4, 0.5) is 5.95 Å². The number of rotatable bonds is 2. The van der Waals surface area contributed by atoms with E-state index in [0.29, 0.717) is 10.9 Å². The van der Waals surface area contributed by atoms with Crippen molar-refractivity contribution in [3.05, 3.63) is 52.6 Å². The van der Waals surface area contributed by atoms with Gasteiger partial charge >= 0.3 is 0 Å². The molecule has 0 aliphatic heterocycles. The molecule has 0 saturated carbocycles. The van der Waals surface area contributed by atoms with E-state index < -0.39 is 0 Å². The van der Waals surface area contributed by atoms with E-state index in [1.54, 1.807) is 12.4 Å². The smallest absolute Gasteiger partial charge is 0.261 e. The monoisotopic (exact) mass is 319 g/mol. The highest BCUT2D eigenvalue weighted by Gasteiger charge is 2.11. The summed E-state index contributed by atoms with van der Waals surface area (Å²) in [5, 5.41) is 0.570. The second-order valence-corrected chi connectivity index (χ2v) is 5.43. The molecule has 0 aliphatic carbocycles. The Balaban J connectivity index is 0.00000161. The Kier molecular flexibility index (Phi) is 4.50. The number of fused-ring (bicyclic) bond motifs is 1. The highest BCUT2D eigenvalue weighted by molar-refractivity contribution is 7.99. The van der Waals surface area contributed by atoms with Crippen LogP contribution in [0.25, 0.3) is 10.9 Å². The zero-order valence-corrected chi connectivity index (χ0v) is 12.7. The van der Waals surface area contributed by atoms with Gasteiger partial charge in [0.25, 0.3) is 5.56 Å². The topological polar surface area (TPSA) is 84.7 Å². The minimum atomic E-state index is -0.215. The van der Waals surface area contributed by atoms with Crippen molar-refractivity contribution in [2.24, 2.45) is 0 Å². The van der Waals surface area contributed by atoms with Gasteiger partial charge < -0.3 is 18.1 Å². The van der Waals surface area contributed by atoms with Crippen LogP contribution in [0.2, 0.25) is 0 Å². The van der Waals surface area contributed by atoms with Crippen LogP contribution in [0.3, 0.4) is 0 Å². The predicted molar refractivity (Wildman–Crippen MR) is 79.9 cm³/mol. The highest BCUT2D eigenvalue weighted by atomic mass is 35.5. The van der Waals surface area contributed by atoms with Crippen LogP contribution in [0, 0.1) is 6.92 Å². The van der Waals surface area contributed by atoms with Gasteiger partial charge in [-0.2, -0.15) is 0 Å². The van der Waals surface area contributed by atoms with Gasteiger partial charge in [-0.1, -0.05) is 17.8 Å². The molecule has 1 aromatic carbocycles. The van der Waals surface area contributed by atoms with E-state index in [-0.39, 0.29) is 23.9 Å². The molecule has 7 heteroatoms. The number of pyridine rings is 1. The van der Waals surface area contributed by atoms with Gasteiger partial charge in [-0.15, -0.1) is 0 Å². The Morgan fingerprint density at radius 3 is 2.62 bits per heavy atom. The number of nitrogens with one attached hydrogen (secondary N) is 1. The van der Waals surface area contributed by atoms with E-state index in [1.807, 2.05) is 31.2 Å². The summed E-state index contributed by atoms with van der Waals surface area (Å²) in [6.07, 6.45) is 3.45. The third-order valence-electron chi connectivity index (χ3n) is 2.91. The lowest BCUT2D eigenvalue weighted by Crippen LogP contribution is -3.00. The summed E-state index contributed by atoms with van der Waals surface area (Å²) < 4.78 is 0. The van der Waals surface area contributed by atoms with Crippen LogP contribution >= 0.6 is 11.8 Å². The predicted octanol–water partition coefficient (Wildman–Crippen LogP) is -0.636. The molecule has 21 heavy (non-hydrogen) atoms. The molecule has 0 bridgehead atoms. The van der Waals surface area contributed by atoms with Gasteiger partial charge in [0.15, 0.2) is 0 Å². The van der Waals surface area contributed by atoms with Gasteiger partial charge in [-0.05, 0) is 30.7 Å². The summed E-state index contributed by atoms with van der Waals surface area (Å²) in [6.45, 7) is 1.97. The molecule has 0 radical (unpaired) electrons. The first-order valence-electron chi connectivity index (χ1n) is 6.02. The number of hydrogen-bond acceptors (Lipinski definition) is 5. The number of aromatic amines is 1. The maximum absolute atomic E-state index is 12.2. The number of H-pyrrole nitrogens is 1. The first-order chi connectivity index (χ1) is 9.65. The SMILES string of the molecule is Cc1ccc2nc(N)[nH]c(=O)c2c1Sc1ccncc1.[Cl-]. The molecule has 0 fully saturated rings. The molecule has 2 heterocycles. The van der Waals surface area contributed by atoms with E-state index in [2.05, 4.69) is 15.0 Å². The van der Waals surface area contributed by atoms with Crippen molar-refractivity contribution in [1.82, 2.24) is 15.0 Å². The number of aromatic nitrogens is 3. The van der Waals surface area contributed by atoms with E-state index in [4.69, 9.17) is 5.73 Å². The first kappa shape index (κ1) is 15.3. The zero-order valence-electron chi connectivity index (χ0n) is 11.1. The van der Waals surface area contributed by atoms with Crippen LogP contribution in [-0.4, -0.2) is 15.0 Å². The number of aryl methyl sites for hydroxylation is 1. The molecule has 3 rings (SSSR count).